The standard InChI is InChI=1S/C18H10F4/c19-15-13(11-7-3-1-4-8-11)16(20)18(22)17(21)14(15)12-9-5-2-6-10-12/h1-10H. The maximum absolute atomic E-state index is 14.7. The van der Waals surface area contributed by atoms with Crippen LogP contribution in [0.15, 0.2) is 60.7 Å². The molecule has 3 aromatic carbocycles. The normalized spacial score (nSPS) is 10.7. The van der Waals surface area contributed by atoms with E-state index in [-0.39, 0.29) is 11.1 Å². The van der Waals surface area contributed by atoms with E-state index in [4.69, 9.17) is 0 Å². The van der Waals surface area contributed by atoms with Crippen LogP contribution in [0.3, 0.4) is 0 Å². The summed E-state index contributed by atoms with van der Waals surface area (Å²) >= 11 is 0. The van der Waals surface area contributed by atoms with E-state index in [9.17, 15) is 17.6 Å². The lowest BCUT2D eigenvalue weighted by molar-refractivity contribution is 0.440. The minimum Gasteiger partial charge on any atom is -0.205 e. The summed E-state index contributed by atoms with van der Waals surface area (Å²) in [6.07, 6.45) is 0. The van der Waals surface area contributed by atoms with E-state index >= 15 is 0 Å². The second-order valence-electron chi connectivity index (χ2n) is 4.74. The van der Waals surface area contributed by atoms with Gasteiger partial charge in [0.1, 0.15) is 5.82 Å². The molecule has 3 aromatic rings. The fraction of sp³-hybridized carbons (Fsp3) is 0. The molecule has 0 heterocycles. The summed E-state index contributed by atoms with van der Waals surface area (Å²) in [5.74, 6) is -5.85. The minimum atomic E-state index is -1.68. The Bertz CT molecular complexity index is 745. The predicted octanol–water partition coefficient (Wildman–Crippen LogP) is 5.58. The van der Waals surface area contributed by atoms with Gasteiger partial charge in [-0.25, -0.2) is 17.6 Å². The summed E-state index contributed by atoms with van der Waals surface area (Å²) in [4.78, 5) is 0. The van der Waals surface area contributed by atoms with Crippen LogP contribution >= 0.6 is 0 Å². The van der Waals surface area contributed by atoms with Crippen LogP contribution in [0.4, 0.5) is 17.6 Å². The molecule has 0 radical (unpaired) electrons. The van der Waals surface area contributed by atoms with Crippen LogP contribution in [0, 0.1) is 23.3 Å². The number of rotatable bonds is 2. The van der Waals surface area contributed by atoms with E-state index in [0.717, 1.165) is 0 Å². The van der Waals surface area contributed by atoms with Gasteiger partial charge in [0.25, 0.3) is 0 Å². The van der Waals surface area contributed by atoms with Gasteiger partial charge in [-0.3, -0.25) is 0 Å². The van der Waals surface area contributed by atoms with E-state index in [1.54, 1.807) is 36.4 Å². The quantitative estimate of drug-likeness (QED) is 0.329. The van der Waals surface area contributed by atoms with Crippen molar-refractivity contribution in [2.75, 3.05) is 0 Å². The van der Waals surface area contributed by atoms with Crippen LogP contribution in [-0.4, -0.2) is 0 Å². The third-order valence-electron chi connectivity index (χ3n) is 3.39. The molecule has 0 nitrogen and oxygen atoms in total. The average molecular weight is 302 g/mol. The molecule has 3 rings (SSSR count). The van der Waals surface area contributed by atoms with Gasteiger partial charge in [-0.2, -0.15) is 0 Å². The number of hydrogen-bond donors (Lipinski definition) is 0. The van der Waals surface area contributed by atoms with Crippen LogP contribution in [0.25, 0.3) is 22.3 Å². The molecule has 4 heteroatoms. The molecule has 0 amide bonds. The Hall–Kier alpha value is -2.62. The fourth-order valence-corrected chi connectivity index (χ4v) is 2.35. The van der Waals surface area contributed by atoms with E-state index in [0.29, 0.717) is 0 Å². The summed E-state index contributed by atoms with van der Waals surface area (Å²) < 4.78 is 56.7. The van der Waals surface area contributed by atoms with Gasteiger partial charge in [-0.15, -0.1) is 0 Å². The van der Waals surface area contributed by atoms with E-state index in [1.807, 2.05) is 0 Å². The molecule has 0 saturated heterocycles. The molecule has 0 saturated carbocycles. The van der Waals surface area contributed by atoms with Crippen LogP contribution in [0.5, 0.6) is 0 Å². The van der Waals surface area contributed by atoms with Crippen molar-refractivity contribution in [2.24, 2.45) is 0 Å². The van der Waals surface area contributed by atoms with Crippen LogP contribution in [-0.2, 0) is 0 Å². The Labute approximate surface area is 124 Å². The topological polar surface area (TPSA) is 0 Å². The maximum atomic E-state index is 14.7. The molecule has 0 N–H and O–H groups in total. The molecule has 0 aliphatic carbocycles. The Morgan fingerprint density at radius 3 is 1.14 bits per heavy atom. The summed E-state index contributed by atoms with van der Waals surface area (Å²) in [7, 11) is 0. The van der Waals surface area contributed by atoms with Crippen LogP contribution < -0.4 is 0 Å². The lowest BCUT2D eigenvalue weighted by Gasteiger charge is -2.12. The van der Waals surface area contributed by atoms with Gasteiger partial charge in [-0.05, 0) is 11.1 Å². The Morgan fingerprint density at radius 2 is 0.773 bits per heavy atom. The zero-order valence-corrected chi connectivity index (χ0v) is 11.3. The van der Waals surface area contributed by atoms with Crippen molar-refractivity contribution in [2.45, 2.75) is 0 Å². The maximum Gasteiger partial charge on any atom is 0.195 e. The molecule has 0 atom stereocenters. The molecule has 110 valence electrons. The molecule has 0 unspecified atom stereocenters. The first-order chi connectivity index (χ1) is 10.6. The van der Waals surface area contributed by atoms with E-state index < -0.39 is 34.4 Å². The summed E-state index contributed by atoms with van der Waals surface area (Å²) in [5.41, 5.74) is -0.848. The van der Waals surface area contributed by atoms with Crippen molar-refractivity contribution in [1.82, 2.24) is 0 Å². The number of benzene rings is 3. The average Bonchev–Trinajstić information content (AvgIpc) is 2.55. The van der Waals surface area contributed by atoms with Gasteiger partial charge in [-0.1, -0.05) is 60.7 Å². The zero-order chi connectivity index (χ0) is 15.7. The summed E-state index contributed by atoms with van der Waals surface area (Å²) in [5, 5.41) is 0. The van der Waals surface area contributed by atoms with Gasteiger partial charge in [0.15, 0.2) is 17.5 Å². The van der Waals surface area contributed by atoms with Gasteiger partial charge >= 0.3 is 0 Å². The summed E-state index contributed by atoms with van der Waals surface area (Å²) in [6, 6.07) is 15.3. The van der Waals surface area contributed by atoms with Crippen molar-refractivity contribution in [1.29, 1.82) is 0 Å². The molecule has 0 aliphatic heterocycles. The van der Waals surface area contributed by atoms with E-state index in [2.05, 4.69) is 0 Å². The summed E-state index contributed by atoms with van der Waals surface area (Å²) in [6.45, 7) is 0. The molecule has 0 aromatic heterocycles. The van der Waals surface area contributed by atoms with Crippen molar-refractivity contribution >= 4 is 0 Å². The van der Waals surface area contributed by atoms with Gasteiger partial charge in [0, 0.05) is 0 Å². The fourth-order valence-electron chi connectivity index (χ4n) is 2.35. The zero-order valence-electron chi connectivity index (χ0n) is 11.3. The molecule has 22 heavy (non-hydrogen) atoms. The first-order valence-electron chi connectivity index (χ1n) is 6.58. The third-order valence-corrected chi connectivity index (χ3v) is 3.39. The van der Waals surface area contributed by atoms with Gasteiger partial charge in [0.05, 0.1) is 11.1 Å². The number of halogens is 4. The highest BCUT2D eigenvalue weighted by molar-refractivity contribution is 5.75. The first kappa shape index (κ1) is 14.3. The molecule has 0 bridgehead atoms. The van der Waals surface area contributed by atoms with Crippen LogP contribution in [0.2, 0.25) is 0 Å². The van der Waals surface area contributed by atoms with Gasteiger partial charge < -0.3 is 0 Å². The van der Waals surface area contributed by atoms with Crippen molar-refractivity contribution in [3.8, 4) is 22.3 Å². The largest absolute Gasteiger partial charge is 0.205 e. The monoisotopic (exact) mass is 302 g/mol. The Balaban J connectivity index is 2.36. The molecular formula is C18H10F4. The Morgan fingerprint density at radius 1 is 0.409 bits per heavy atom. The molecule has 0 spiro atoms. The first-order valence-corrected chi connectivity index (χ1v) is 6.58. The van der Waals surface area contributed by atoms with Crippen molar-refractivity contribution in [3.63, 3.8) is 0 Å². The lowest BCUT2D eigenvalue weighted by atomic mass is 9.96. The highest BCUT2D eigenvalue weighted by Crippen LogP contribution is 2.37. The van der Waals surface area contributed by atoms with Crippen LogP contribution in [0.1, 0.15) is 0 Å². The SMILES string of the molecule is Fc1c(F)c(-c2ccccc2)c(F)c(-c2ccccc2)c1F. The molecule has 0 fully saturated rings. The Kier molecular flexibility index (Phi) is 3.67. The van der Waals surface area contributed by atoms with E-state index in [1.165, 1.54) is 24.3 Å². The number of hydrogen-bond acceptors (Lipinski definition) is 0. The van der Waals surface area contributed by atoms with Crippen molar-refractivity contribution < 1.29 is 17.6 Å². The van der Waals surface area contributed by atoms with Crippen molar-refractivity contribution in [3.05, 3.63) is 83.9 Å². The van der Waals surface area contributed by atoms with Gasteiger partial charge in [0.2, 0.25) is 0 Å². The predicted molar refractivity (Wildman–Crippen MR) is 77.1 cm³/mol. The molecule has 0 aliphatic rings. The minimum absolute atomic E-state index is 0.147. The smallest absolute Gasteiger partial charge is 0.195 e. The second kappa shape index (κ2) is 5.64. The highest BCUT2D eigenvalue weighted by atomic mass is 19.2. The lowest BCUT2D eigenvalue weighted by Crippen LogP contribution is -2.03. The third kappa shape index (κ3) is 2.26. The highest BCUT2D eigenvalue weighted by Gasteiger charge is 2.26. The second-order valence-corrected chi connectivity index (χ2v) is 4.74. The molecular weight excluding hydrogens is 292 g/mol.